The average Bonchev–Trinajstić information content (AvgIpc) is 2.77. The molecule has 0 amide bonds. The topological polar surface area (TPSA) is 80.3 Å². The molecule has 10 nitrogen and oxygen atoms in total. The number of hydroxylamine groups is 2. The number of hydrogen-bond donors (Lipinski definition) is 0. The highest BCUT2D eigenvalue weighted by atomic mass is 28.2. The van der Waals surface area contributed by atoms with Crippen molar-refractivity contribution in [2.45, 2.75) is 50.0 Å². The molecule has 30 heavy (non-hydrogen) atoms. The second-order valence-electron chi connectivity index (χ2n) is 7.00. The van der Waals surface area contributed by atoms with E-state index in [1.165, 1.54) is 5.23 Å². The van der Waals surface area contributed by atoms with Crippen LogP contribution >= 0.6 is 0 Å². The van der Waals surface area contributed by atoms with Crippen LogP contribution in [0.1, 0.15) is 26.7 Å². The molecule has 0 radical (unpaired) electrons. The smallest absolute Gasteiger partial charge is 0.144 e. The lowest BCUT2D eigenvalue weighted by Gasteiger charge is -2.42. The van der Waals surface area contributed by atoms with Gasteiger partial charge in [0.1, 0.15) is 23.3 Å². The minimum absolute atomic E-state index is 0.336. The molecule has 0 aromatic heterocycles. The molecule has 0 aromatic rings. The Kier molecular flexibility index (Phi) is 15.8. The standard InChI is InChI=1S/C18H44N2O8Si2/c1-9-27-20(28-10-2)12-11-19(15(21-3)13-17(29,23-5)24-6)16(22-4)14-18(30,25-7)26-8/h15-16H,9-14H2,1-8,29-30H3. The Morgan fingerprint density at radius 2 is 1.03 bits per heavy atom. The highest BCUT2D eigenvalue weighted by Gasteiger charge is 2.38. The van der Waals surface area contributed by atoms with E-state index in [1.54, 1.807) is 42.7 Å². The van der Waals surface area contributed by atoms with Gasteiger partial charge in [0.15, 0.2) is 0 Å². The molecule has 0 bridgehead atoms. The lowest BCUT2D eigenvalue weighted by molar-refractivity contribution is -0.367. The molecule has 2 atom stereocenters. The second kappa shape index (κ2) is 15.8. The SMILES string of the molecule is CCON(CCN(C(CC([SiH3])(OC)OC)OC)C(CC([SiH3])(OC)OC)OC)OCC. The monoisotopic (exact) mass is 472 g/mol. The van der Waals surface area contributed by atoms with Gasteiger partial charge in [-0.15, -0.1) is 0 Å². The van der Waals surface area contributed by atoms with Crippen molar-refractivity contribution in [3.05, 3.63) is 0 Å². The predicted octanol–water partition coefficient (Wildman–Crippen LogP) is -1.16. The summed E-state index contributed by atoms with van der Waals surface area (Å²) in [6.07, 6.45) is 0.356. The van der Waals surface area contributed by atoms with E-state index in [0.29, 0.717) is 59.6 Å². The Labute approximate surface area is 188 Å². The van der Waals surface area contributed by atoms with E-state index in [-0.39, 0.29) is 12.5 Å². The van der Waals surface area contributed by atoms with Gasteiger partial charge < -0.3 is 28.4 Å². The fourth-order valence-electron chi connectivity index (χ4n) is 2.93. The number of ether oxygens (including phenoxy) is 6. The van der Waals surface area contributed by atoms with Crippen LogP contribution in [0.4, 0.5) is 0 Å². The molecular formula is C18H44N2O8Si2. The molecule has 0 fully saturated rings. The highest BCUT2D eigenvalue weighted by Crippen LogP contribution is 2.25. The summed E-state index contributed by atoms with van der Waals surface area (Å²) in [5.41, 5.74) is -1.37. The Morgan fingerprint density at radius 1 is 0.667 bits per heavy atom. The van der Waals surface area contributed by atoms with Crippen LogP contribution in [-0.4, -0.2) is 123 Å². The summed E-state index contributed by atoms with van der Waals surface area (Å²) in [5.74, 6) is 0. The van der Waals surface area contributed by atoms with E-state index in [2.05, 4.69) is 4.90 Å². The van der Waals surface area contributed by atoms with Crippen LogP contribution in [0.2, 0.25) is 0 Å². The van der Waals surface area contributed by atoms with Crippen molar-refractivity contribution in [2.24, 2.45) is 0 Å². The molecule has 2 unspecified atom stereocenters. The molecule has 0 aromatic carbocycles. The van der Waals surface area contributed by atoms with E-state index >= 15 is 0 Å². The fraction of sp³-hybridized carbons (Fsp3) is 1.00. The molecule has 12 heteroatoms. The first-order valence-corrected chi connectivity index (χ1v) is 12.3. The van der Waals surface area contributed by atoms with Gasteiger partial charge in [0.25, 0.3) is 0 Å². The maximum Gasteiger partial charge on any atom is 0.144 e. The number of methoxy groups -OCH3 is 6. The largest absolute Gasteiger partial charge is 0.366 e. The van der Waals surface area contributed by atoms with E-state index in [0.717, 1.165) is 0 Å². The van der Waals surface area contributed by atoms with Gasteiger partial charge in [-0.05, 0) is 13.8 Å². The summed E-state index contributed by atoms with van der Waals surface area (Å²) in [6.45, 7) is 5.89. The molecule has 0 N–H and O–H groups in total. The molecule has 0 spiro atoms. The Balaban J connectivity index is 5.72. The quantitative estimate of drug-likeness (QED) is 0.130. The number of hydrogen-bond acceptors (Lipinski definition) is 10. The van der Waals surface area contributed by atoms with Crippen molar-refractivity contribution >= 4 is 20.5 Å². The fourth-order valence-corrected chi connectivity index (χ4v) is 3.63. The average molecular weight is 473 g/mol. The second-order valence-corrected chi connectivity index (χ2v) is 10.0. The minimum Gasteiger partial charge on any atom is -0.366 e. The molecule has 182 valence electrons. The maximum atomic E-state index is 5.87. The maximum absolute atomic E-state index is 5.87. The normalized spacial score (nSPS) is 15.4. The molecule has 0 aliphatic carbocycles. The van der Waals surface area contributed by atoms with Crippen LogP contribution < -0.4 is 0 Å². The van der Waals surface area contributed by atoms with Crippen LogP contribution in [-0.2, 0) is 38.1 Å². The Bertz CT molecular complexity index is 397. The third-order valence-electron chi connectivity index (χ3n) is 5.19. The van der Waals surface area contributed by atoms with Gasteiger partial charge >= 0.3 is 0 Å². The van der Waals surface area contributed by atoms with Crippen LogP contribution in [0, 0.1) is 0 Å². The summed E-state index contributed by atoms with van der Waals surface area (Å²) in [7, 11) is 11.2. The zero-order valence-corrected chi connectivity index (χ0v) is 24.6. The first-order chi connectivity index (χ1) is 14.2. The summed E-state index contributed by atoms with van der Waals surface area (Å²) in [4.78, 5) is 13.2. The molecule has 0 saturated carbocycles. The lowest BCUT2D eigenvalue weighted by atomic mass is 10.2. The third-order valence-corrected chi connectivity index (χ3v) is 7.64. The molecular weight excluding hydrogens is 428 g/mol. The number of rotatable bonds is 19. The van der Waals surface area contributed by atoms with Gasteiger partial charge in [0.2, 0.25) is 0 Å². The Hall–Kier alpha value is 0.0338. The van der Waals surface area contributed by atoms with Gasteiger partial charge in [0, 0.05) is 62.0 Å². The molecule has 0 heterocycles. The minimum atomic E-state index is -0.683. The first kappa shape index (κ1) is 30.0. The van der Waals surface area contributed by atoms with Crippen molar-refractivity contribution in [1.29, 1.82) is 0 Å². The van der Waals surface area contributed by atoms with Gasteiger partial charge in [-0.25, -0.2) is 0 Å². The van der Waals surface area contributed by atoms with Crippen LogP contribution in [0.15, 0.2) is 0 Å². The van der Waals surface area contributed by atoms with Crippen molar-refractivity contribution in [2.75, 3.05) is 69.0 Å². The summed E-state index contributed by atoms with van der Waals surface area (Å²) >= 11 is 0. The van der Waals surface area contributed by atoms with Crippen LogP contribution in [0.5, 0.6) is 0 Å². The summed E-state index contributed by atoms with van der Waals surface area (Å²) in [6, 6.07) is 0. The van der Waals surface area contributed by atoms with E-state index < -0.39 is 10.8 Å². The molecule has 0 aliphatic heterocycles. The van der Waals surface area contributed by atoms with Crippen LogP contribution in [0.3, 0.4) is 0 Å². The Morgan fingerprint density at radius 3 is 1.30 bits per heavy atom. The van der Waals surface area contributed by atoms with E-state index in [9.17, 15) is 0 Å². The van der Waals surface area contributed by atoms with Gasteiger partial charge in [-0.3, -0.25) is 14.6 Å². The van der Waals surface area contributed by atoms with E-state index in [4.69, 9.17) is 38.1 Å². The summed E-state index contributed by atoms with van der Waals surface area (Å²) < 4.78 is 34.2. The number of nitrogens with zero attached hydrogens (tertiary/aromatic N) is 2. The van der Waals surface area contributed by atoms with Crippen molar-refractivity contribution in [1.82, 2.24) is 10.1 Å². The molecule has 0 saturated heterocycles. The lowest BCUT2D eigenvalue weighted by Crippen LogP contribution is -2.55. The van der Waals surface area contributed by atoms with Crippen LogP contribution in [0.25, 0.3) is 0 Å². The zero-order valence-electron chi connectivity index (χ0n) is 20.6. The highest BCUT2D eigenvalue weighted by molar-refractivity contribution is 6.13. The summed E-state index contributed by atoms with van der Waals surface area (Å²) in [5, 5.41) is 1.49. The predicted molar refractivity (Wildman–Crippen MR) is 121 cm³/mol. The van der Waals surface area contributed by atoms with Gasteiger partial charge in [-0.2, -0.15) is 0 Å². The van der Waals surface area contributed by atoms with E-state index in [1.807, 2.05) is 13.8 Å². The van der Waals surface area contributed by atoms with Crippen molar-refractivity contribution in [3.63, 3.8) is 0 Å². The molecule has 0 rings (SSSR count). The van der Waals surface area contributed by atoms with Crippen molar-refractivity contribution in [3.8, 4) is 0 Å². The molecule has 0 aliphatic rings. The zero-order chi connectivity index (χ0) is 23.2. The van der Waals surface area contributed by atoms with Gasteiger partial charge in [-0.1, -0.05) is 5.23 Å². The van der Waals surface area contributed by atoms with Gasteiger partial charge in [0.05, 0.1) is 40.2 Å². The third kappa shape index (κ3) is 10.1. The van der Waals surface area contributed by atoms with Crippen molar-refractivity contribution < 1.29 is 38.1 Å². The first-order valence-electron chi connectivity index (χ1n) is 10.3.